The molecule has 0 aromatic heterocycles. The minimum atomic E-state index is -0.401. The molecule has 1 N–H and O–H groups in total. The normalized spacial score (nSPS) is 17.4. The maximum Gasteiger partial charge on any atom is 0.443 e. The number of hydrogen-bond donors (Lipinski definition) is 1. The zero-order chi connectivity index (χ0) is 12.7. The van der Waals surface area contributed by atoms with Crippen molar-refractivity contribution in [2.75, 3.05) is 6.61 Å². The number of halogens is 1. The van der Waals surface area contributed by atoms with Gasteiger partial charge in [-0.3, -0.25) is 5.41 Å². The van der Waals surface area contributed by atoms with Gasteiger partial charge in [-0.15, -0.1) is 4.58 Å². The molecule has 0 aromatic carbocycles. The van der Waals surface area contributed by atoms with Crippen LogP contribution in [0.5, 0.6) is 0 Å². The van der Waals surface area contributed by atoms with E-state index in [9.17, 15) is 4.79 Å². The Morgan fingerprint density at radius 2 is 2.18 bits per heavy atom. The fourth-order valence-electron chi connectivity index (χ4n) is 1.98. The van der Waals surface area contributed by atoms with Gasteiger partial charge in [-0.05, 0) is 19.8 Å². The van der Waals surface area contributed by atoms with Crippen molar-refractivity contribution < 1.29 is 14.1 Å². The van der Waals surface area contributed by atoms with Gasteiger partial charge in [-0.25, -0.2) is 4.79 Å². The van der Waals surface area contributed by atoms with Gasteiger partial charge in [0.2, 0.25) is 5.03 Å². The van der Waals surface area contributed by atoms with Crippen LogP contribution in [0.15, 0.2) is 5.03 Å². The molecule has 1 saturated carbocycles. The van der Waals surface area contributed by atoms with Crippen molar-refractivity contribution in [1.29, 1.82) is 5.41 Å². The van der Waals surface area contributed by atoms with Crippen molar-refractivity contribution in [3.63, 3.8) is 0 Å². The Hall–Kier alpha value is -1.12. The van der Waals surface area contributed by atoms with Gasteiger partial charge in [0.1, 0.15) is 0 Å². The maximum absolute atomic E-state index is 11.9. The van der Waals surface area contributed by atoms with E-state index < -0.39 is 5.91 Å². The highest BCUT2D eigenvalue weighted by molar-refractivity contribution is 6.44. The first-order valence-electron chi connectivity index (χ1n) is 5.93. The number of carbonyl (C=O) groups excluding carboxylic acids is 1. The van der Waals surface area contributed by atoms with E-state index in [1.54, 1.807) is 0 Å². The molecular weight excluding hydrogens is 240 g/mol. The molecule has 0 spiro atoms. The van der Waals surface area contributed by atoms with Crippen LogP contribution in [0.1, 0.15) is 39.0 Å². The van der Waals surface area contributed by atoms with Gasteiger partial charge < -0.3 is 4.74 Å². The predicted octanol–water partition coefficient (Wildman–Crippen LogP) is 2.29. The van der Waals surface area contributed by atoms with Crippen molar-refractivity contribution >= 4 is 29.8 Å². The summed E-state index contributed by atoms with van der Waals surface area (Å²) >= 11 is 5.66. The van der Waals surface area contributed by atoms with E-state index in [2.05, 4.69) is 0 Å². The van der Waals surface area contributed by atoms with Gasteiger partial charge in [-0.2, -0.15) is 0 Å². The third-order valence-corrected chi connectivity index (χ3v) is 3.11. The molecule has 0 aromatic rings. The summed E-state index contributed by atoms with van der Waals surface area (Å²) in [5.74, 6) is 1.53. The molecule has 17 heavy (non-hydrogen) atoms. The van der Waals surface area contributed by atoms with Crippen LogP contribution >= 0.6 is 11.6 Å². The topological polar surface area (TPSA) is 53.2 Å². The average molecular weight is 258 g/mol. The lowest BCUT2D eigenvalue weighted by Crippen LogP contribution is -2.35. The number of nitrogens with zero attached hydrogens (tertiary/aromatic N) is 1. The largest absolute Gasteiger partial charge is 0.450 e. The van der Waals surface area contributed by atoms with E-state index in [0.29, 0.717) is 6.61 Å². The first-order chi connectivity index (χ1) is 8.20. The number of nitrogens with one attached hydrogen (secondary N) is 1. The highest BCUT2D eigenvalue weighted by Crippen LogP contribution is 2.21. The molecule has 1 fully saturated rings. The second-order valence-electron chi connectivity index (χ2n) is 4.00. The average Bonchev–Trinajstić information content (AvgIpc) is 2.39. The van der Waals surface area contributed by atoms with Crippen molar-refractivity contribution in [2.45, 2.75) is 45.1 Å². The van der Waals surface area contributed by atoms with Crippen molar-refractivity contribution in [1.82, 2.24) is 0 Å². The number of ether oxygens (including phenoxy) is 1. The summed E-state index contributed by atoms with van der Waals surface area (Å²) in [5, 5.41) is 6.70. The number of carbonyl (C=O) groups is 1. The van der Waals surface area contributed by atoms with E-state index in [-0.39, 0.29) is 11.1 Å². The van der Waals surface area contributed by atoms with E-state index >= 15 is 0 Å². The smallest absolute Gasteiger partial charge is 0.443 e. The Kier molecular flexibility index (Phi) is 5.95. The van der Waals surface area contributed by atoms with Crippen LogP contribution in [0.25, 0.3) is 0 Å². The summed E-state index contributed by atoms with van der Waals surface area (Å²) in [6.45, 7) is 2.36. The molecule has 1 aliphatic carbocycles. The Balaban J connectivity index is 2.86. The van der Waals surface area contributed by atoms with Gasteiger partial charge in [-0.1, -0.05) is 18.0 Å². The van der Waals surface area contributed by atoms with Gasteiger partial charge in [0.25, 0.3) is 0 Å². The lowest BCUT2D eigenvalue weighted by atomic mass is 9.95. The fraction of sp³-hybridized carbons (Fsp3) is 0.667. The molecule has 0 heterocycles. The zero-order valence-corrected chi connectivity index (χ0v) is 10.8. The highest BCUT2D eigenvalue weighted by Gasteiger charge is 2.32. The van der Waals surface area contributed by atoms with Crippen LogP contribution in [0, 0.1) is 5.41 Å². The van der Waals surface area contributed by atoms with Crippen LogP contribution in [0.3, 0.4) is 0 Å². The summed E-state index contributed by atoms with van der Waals surface area (Å²) in [4.78, 5) is 11.9. The molecule has 94 valence electrons. The molecular formula is C12H18ClN2O2+. The molecule has 0 atom stereocenters. The van der Waals surface area contributed by atoms with Gasteiger partial charge in [0.05, 0.1) is 6.61 Å². The Bertz CT molecular complexity index is 354. The molecule has 0 saturated heterocycles. The van der Waals surface area contributed by atoms with Gasteiger partial charge in [0, 0.05) is 18.7 Å². The quantitative estimate of drug-likeness (QED) is 0.364. The molecule has 0 radical (unpaired) electrons. The minimum Gasteiger partial charge on any atom is -0.450 e. The predicted molar refractivity (Wildman–Crippen MR) is 66.9 cm³/mol. The number of amides is 1. The van der Waals surface area contributed by atoms with E-state index in [0.717, 1.165) is 25.7 Å². The molecule has 1 rings (SSSR count). The Morgan fingerprint density at radius 1 is 1.53 bits per heavy atom. The van der Waals surface area contributed by atoms with E-state index in [1.165, 1.54) is 17.4 Å². The third kappa shape index (κ3) is 3.99. The minimum absolute atomic E-state index is 0.130. The maximum atomic E-state index is 11.9. The van der Waals surface area contributed by atoms with Crippen LogP contribution < -0.4 is 0 Å². The van der Waals surface area contributed by atoms with Crippen LogP contribution in [0.2, 0.25) is 0 Å². The second kappa shape index (κ2) is 7.25. The number of hydrogen-bond acceptors (Lipinski definition) is 3. The lowest BCUT2D eigenvalue weighted by molar-refractivity contribution is -0.491. The van der Waals surface area contributed by atoms with Crippen LogP contribution in [-0.2, 0) is 9.53 Å². The molecule has 0 bridgehead atoms. The Morgan fingerprint density at radius 3 is 2.71 bits per heavy atom. The summed E-state index contributed by atoms with van der Waals surface area (Å²) in [5.41, 5.74) is 0. The second-order valence-corrected chi connectivity index (χ2v) is 4.38. The first-order valence-corrected chi connectivity index (χ1v) is 6.31. The van der Waals surface area contributed by atoms with Gasteiger partial charge >= 0.3 is 12.3 Å². The fourth-order valence-corrected chi connectivity index (χ4v) is 2.08. The number of rotatable bonds is 4. The standard InChI is InChI=1S/C12H18ClN2O2/c1-2-17-9-15(12(16)11(13)8-14)10-6-4-3-5-7-10/h9-10,14H,2-7H2,1H3/q+1. The molecule has 0 unspecified atom stereocenters. The third-order valence-electron chi connectivity index (χ3n) is 2.85. The van der Waals surface area contributed by atoms with E-state index in [4.69, 9.17) is 21.7 Å². The molecule has 0 aliphatic heterocycles. The van der Waals surface area contributed by atoms with Crippen LogP contribution in [-0.4, -0.2) is 35.4 Å². The summed E-state index contributed by atoms with van der Waals surface area (Å²) in [7, 11) is 0. The van der Waals surface area contributed by atoms with E-state index in [1.807, 2.05) is 12.8 Å². The molecule has 1 amide bonds. The molecule has 5 heteroatoms. The summed E-state index contributed by atoms with van der Waals surface area (Å²) < 4.78 is 6.69. The molecule has 4 nitrogen and oxygen atoms in total. The monoisotopic (exact) mass is 257 g/mol. The van der Waals surface area contributed by atoms with Crippen molar-refractivity contribution in [2.24, 2.45) is 0 Å². The lowest BCUT2D eigenvalue weighted by Gasteiger charge is -2.17. The first kappa shape index (κ1) is 13.9. The van der Waals surface area contributed by atoms with Crippen molar-refractivity contribution in [3.8, 4) is 0 Å². The molecule has 1 aliphatic rings. The summed E-state index contributed by atoms with van der Waals surface area (Å²) in [6.07, 6.45) is 6.77. The summed E-state index contributed by atoms with van der Waals surface area (Å²) in [6, 6.07) is 0.130. The zero-order valence-electron chi connectivity index (χ0n) is 10.0. The Labute approximate surface area is 106 Å². The van der Waals surface area contributed by atoms with Crippen molar-refractivity contribution in [3.05, 3.63) is 5.03 Å². The van der Waals surface area contributed by atoms with Crippen LogP contribution in [0.4, 0.5) is 0 Å². The highest BCUT2D eigenvalue weighted by atomic mass is 35.5. The van der Waals surface area contributed by atoms with Gasteiger partial charge in [0.15, 0.2) is 6.04 Å². The SMILES string of the molecule is CCOC=[N+](C(=O)C(Cl)=C=N)C1CCCCC1.